The van der Waals surface area contributed by atoms with Crippen molar-refractivity contribution in [2.45, 2.75) is 52.2 Å². The summed E-state index contributed by atoms with van der Waals surface area (Å²) in [4.78, 5) is 24.8. The highest BCUT2D eigenvalue weighted by Gasteiger charge is 2.31. The largest absolute Gasteiger partial charge is 0.379 e. The van der Waals surface area contributed by atoms with Crippen LogP contribution in [-0.2, 0) is 14.3 Å². The summed E-state index contributed by atoms with van der Waals surface area (Å²) in [7, 11) is 3.39. The number of aldehydes is 1. The number of amides is 1. The number of likely N-dealkylation sites (N-methyl/N-ethyl adjacent to an activating group) is 1. The molecule has 0 aromatic heterocycles. The van der Waals surface area contributed by atoms with Crippen LogP contribution in [0.15, 0.2) is 0 Å². The summed E-state index contributed by atoms with van der Waals surface area (Å²) < 4.78 is 5.43. The lowest BCUT2D eigenvalue weighted by atomic mass is 9.91. The van der Waals surface area contributed by atoms with Gasteiger partial charge in [0.2, 0.25) is 5.91 Å². The fourth-order valence-corrected chi connectivity index (χ4v) is 2.37. The third-order valence-corrected chi connectivity index (χ3v) is 3.78. The van der Waals surface area contributed by atoms with Crippen LogP contribution < -0.4 is 5.32 Å². The first-order chi connectivity index (χ1) is 9.53. The molecular weight excluding hydrogens is 256 g/mol. The van der Waals surface area contributed by atoms with E-state index in [1.807, 2.05) is 0 Å². The minimum absolute atomic E-state index is 0.0386. The first-order valence-electron chi connectivity index (χ1n) is 7.46. The van der Waals surface area contributed by atoms with Gasteiger partial charge in [-0.15, -0.1) is 0 Å². The van der Waals surface area contributed by atoms with Gasteiger partial charge >= 0.3 is 0 Å². The van der Waals surface area contributed by atoms with Crippen LogP contribution in [0, 0.1) is 5.92 Å². The predicted octanol–water partition coefficient (Wildman–Crippen LogP) is 1.46. The van der Waals surface area contributed by atoms with E-state index in [0.29, 0.717) is 13.0 Å². The van der Waals surface area contributed by atoms with E-state index >= 15 is 0 Å². The van der Waals surface area contributed by atoms with Crippen LogP contribution in [-0.4, -0.2) is 56.5 Å². The third-order valence-electron chi connectivity index (χ3n) is 3.78. The number of hydrogen-bond donors (Lipinski definition) is 1. The molecule has 1 N–H and O–H groups in total. The lowest BCUT2D eigenvalue weighted by Crippen LogP contribution is -2.51. The summed E-state index contributed by atoms with van der Waals surface area (Å²) in [5, 5.41) is 3.11. The van der Waals surface area contributed by atoms with Gasteiger partial charge in [-0.3, -0.25) is 4.79 Å². The van der Waals surface area contributed by atoms with Gasteiger partial charge in [0.1, 0.15) is 6.29 Å². The summed E-state index contributed by atoms with van der Waals surface area (Å²) in [6.45, 7) is 7.39. The zero-order valence-electron chi connectivity index (χ0n) is 13.5. The Labute approximate surface area is 123 Å². The highest BCUT2D eigenvalue weighted by atomic mass is 16.5. The van der Waals surface area contributed by atoms with E-state index in [1.54, 1.807) is 19.1 Å². The number of rotatable bonds is 11. The number of nitrogens with one attached hydrogen (secondary N) is 1. The van der Waals surface area contributed by atoms with Crippen LogP contribution in [0.2, 0.25) is 0 Å². The third kappa shape index (κ3) is 6.01. The molecule has 0 aliphatic carbocycles. The molecule has 0 aliphatic heterocycles. The van der Waals surface area contributed by atoms with Gasteiger partial charge in [0, 0.05) is 20.6 Å². The lowest BCUT2D eigenvalue weighted by Gasteiger charge is -2.37. The predicted molar refractivity (Wildman–Crippen MR) is 80.7 cm³/mol. The Bertz CT molecular complexity index is 284. The molecule has 118 valence electrons. The normalized spacial score (nSPS) is 15.4. The van der Waals surface area contributed by atoms with Gasteiger partial charge in [-0.25, -0.2) is 0 Å². The summed E-state index contributed by atoms with van der Waals surface area (Å²) in [6, 6.07) is -0.0777. The average molecular weight is 286 g/mol. The van der Waals surface area contributed by atoms with Crippen LogP contribution in [0.5, 0.6) is 0 Å². The van der Waals surface area contributed by atoms with Crippen molar-refractivity contribution in [1.82, 2.24) is 10.2 Å². The minimum Gasteiger partial charge on any atom is -0.379 e. The summed E-state index contributed by atoms with van der Waals surface area (Å²) >= 11 is 0. The molecule has 0 heterocycles. The van der Waals surface area contributed by atoms with Crippen molar-refractivity contribution in [1.29, 1.82) is 0 Å². The second kappa shape index (κ2) is 10.8. The first kappa shape index (κ1) is 19.1. The summed E-state index contributed by atoms with van der Waals surface area (Å²) in [5.41, 5.74) is 0. The van der Waals surface area contributed by atoms with Crippen LogP contribution in [0.1, 0.15) is 40.0 Å². The molecule has 0 saturated heterocycles. The van der Waals surface area contributed by atoms with E-state index in [0.717, 1.165) is 25.7 Å². The van der Waals surface area contributed by atoms with E-state index in [4.69, 9.17) is 4.74 Å². The van der Waals surface area contributed by atoms with Crippen molar-refractivity contribution in [2.24, 2.45) is 5.92 Å². The fourth-order valence-electron chi connectivity index (χ4n) is 2.37. The van der Waals surface area contributed by atoms with Gasteiger partial charge in [-0.2, -0.15) is 0 Å². The van der Waals surface area contributed by atoms with Gasteiger partial charge in [-0.1, -0.05) is 27.2 Å². The number of ether oxygens (including phenoxy) is 1. The molecule has 0 radical (unpaired) electrons. The molecule has 3 unspecified atom stereocenters. The molecule has 0 spiro atoms. The lowest BCUT2D eigenvalue weighted by molar-refractivity contribution is -0.136. The quantitative estimate of drug-likeness (QED) is 0.461. The van der Waals surface area contributed by atoms with Gasteiger partial charge < -0.3 is 19.7 Å². The molecule has 5 heteroatoms. The van der Waals surface area contributed by atoms with E-state index in [-0.39, 0.29) is 24.0 Å². The maximum Gasteiger partial charge on any atom is 0.236 e. The molecule has 20 heavy (non-hydrogen) atoms. The first-order valence-corrected chi connectivity index (χ1v) is 7.46. The molecule has 3 atom stereocenters. The molecule has 5 nitrogen and oxygen atoms in total. The Hall–Kier alpha value is -0.940. The SMILES string of the molecule is CCCNCC(=O)N(C)C(C(C)CC)C(CC=O)OC. The van der Waals surface area contributed by atoms with Crippen molar-refractivity contribution < 1.29 is 14.3 Å². The highest BCUT2D eigenvalue weighted by molar-refractivity contribution is 5.78. The minimum atomic E-state index is -0.248. The van der Waals surface area contributed by atoms with Crippen LogP contribution in [0.25, 0.3) is 0 Å². The van der Waals surface area contributed by atoms with E-state index in [9.17, 15) is 9.59 Å². The van der Waals surface area contributed by atoms with Gasteiger partial charge in [0.25, 0.3) is 0 Å². The zero-order valence-corrected chi connectivity index (χ0v) is 13.5. The van der Waals surface area contributed by atoms with E-state index in [2.05, 4.69) is 26.1 Å². The molecule has 0 aliphatic rings. The highest BCUT2D eigenvalue weighted by Crippen LogP contribution is 2.20. The molecule has 1 amide bonds. The van der Waals surface area contributed by atoms with Crippen molar-refractivity contribution in [2.75, 3.05) is 27.2 Å². The van der Waals surface area contributed by atoms with Gasteiger partial charge in [-0.05, 0) is 18.9 Å². The number of carbonyl (C=O) groups is 2. The van der Waals surface area contributed by atoms with Crippen LogP contribution in [0.4, 0.5) is 0 Å². The second-order valence-corrected chi connectivity index (χ2v) is 5.23. The molecule has 0 fully saturated rings. The Morgan fingerprint density at radius 3 is 2.50 bits per heavy atom. The molecular formula is C15H30N2O3. The molecule has 0 aromatic rings. The number of carbonyl (C=O) groups excluding carboxylic acids is 2. The van der Waals surface area contributed by atoms with E-state index < -0.39 is 0 Å². The Morgan fingerprint density at radius 2 is 2.05 bits per heavy atom. The Balaban J connectivity index is 4.82. The summed E-state index contributed by atoms with van der Waals surface area (Å²) in [5.74, 6) is 0.316. The number of methoxy groups -OCH3 is 1. The summed E-state index contributed by atoms with van der Waals surface area (Å²) in [6.07, 6.45) is 2.85. The molecule has 0 aromatic carbocycles. The maximum absolute atomic E-state index is 12.2. The van der Waals surface area contributed by atoms with Crippen LogP contribution >= 0.6 is 0 Å². The zero-order chi connectivity index (χ0) is 15.5. The standard InChI is InChI=1S/C15H30N2O3/c1-6-9-16-11-14(19)17(4)15(12(3)7-2)13(20-5)8-10-18/h10,12-13,15-16H,6-9,11H2,1-5H3. The fraction of sp³-hybridized carbons (Fsp3) is 0.867. The maximum atomic E-state index is 12.2. The Morgan fingerprint density at radius 1 is 1.40 bits per heavy atom. The number of hydrogen-bond acceptors (Lipinski definition) is 4. The number of nitrogens with zero attached hydrogens (tertiary/aromatic N) is 1. The van der Waals surface area contributed by atoms with Crippen molar-refractivity contribution in [3.8, 4) is 0 Å². The molecule has 0 rings (SSSR count). The van der Waals surface area contributed by atoms with Crippen molar-refractivity contribution >= 4 is 12.2 Å². The van der Waals surface area contributed by atoms with Crippen molar-refractivity contribution in [3.05, 3.63) is 0 Å². The molecule has 0 saturated carbocycles. The topological polar surface area (TPSA) is 58.6 Å². The average Bonchev–Trinajstić information content (AvgIpc) is 2.46. The Kier molecular flexibility index (Phi) is 10.3. The molecule has 0 bridgehead atoms. The van der Waals surface area contributed by atoms with E-state index in [1.165, 1.54) is 0 Å². The monoisotopic (exact) mass is 286 g/mol. The van der Waals surface area contributed by atoms with Gasteiger partial charge in [0.15, 0.2) is 0 Å². The van der Waals surface area contributed by atoms with Crippen LogP contribution in [0.3, 0.4) is 0 Å². The van der Waals surface area contributed by atoms with Gasteiger partial charge in [0.05, 0.1) is 18.7 Å². The smallest absolute Gasteiger partial charge is 0.236 e. The van der Waals surface area contributed by atoms with Crippen molar-refractivity contribution in [3.63, 3.8) is 0 Å². The second-order valence-electron chi connectivity index (χ2n) is 5.23.